The van der Waals surface area contributed by atoms with Crippen LogP contribution in [0.1, 0.15) is 21.5 Å². The van der Waals surface area contributed by atoms with E-state index in [1.54, 1.807) is 23.0 Å². The van der Waals surface area contributed by atoms with Crippen LogP contribution in [0.3, 0.4) is 0 Å². The number of hydrogen-bond donors (Lipinski definition) is 1. The van der Waals surface area contributed by atoms with Gasteiger partial charge in [-0.15, -0.1) is 0 Å². The first-order valence-electron chi connectivity index (χ1n) is 12.1. The van der Waals surface area contributed by atoms with E-state index in [4.69, 9.17) is 0 Å². The van der Waals surface area contributed by atoms with Crippen molar-refractivity contribution in [2.24, 2.45) is 0 Å². The number of carbonyl (C=O) groups excluding carboxylic acids is 1. The summed E-state index contributed by atoms with van der Waals surface area (Å²) in [4.78, 5) is 22.5. The lowest BCUT2D eigenvalue weighted by Gasteiger charge is -2.33. The van der Waals surface area contributed by atoms with Crippen LogP contribution in [0.2, 0.25) is 0 Å². The minimum atomic E-state index is -0.324. The van der Waals surface area contributed by atoms with Gasteiger partial charge in [0, 0.05) is 50.7 Å². The van der Waals surface area contributed by atoms with Gasteiger partial charge in [0.25, 0.3) is 5.91 Å². The maximum atomic E-state index is 13.4. The van der Waals surface area contributed by atoms with E-state index in [0.29, 0.717) is 23.5 Å². The summed E-state index contributed by atoms with van der Waals surface area (Å²) in [6.07, 6.45) is 3.50. The molecule has 184 valence electrons. The van der Waals surface area contributed by atoms with Gasteiger partial charge in [-0.25, -0.2) is 14.1 Å². The zero-order valence-corrected chi connectivity index (χ0v) is 20.5. The van der Waals surface area contributed by atoms with E-state index in [9.17, 15) is 9.18 Å². The van der Waals surface area contributed by atoms with Crippen LogP contribution in [-0.4, -0.2) is 58.8 Å². The van der Waals surface area contributed by atoms with Crippen molar-refractivity contribution in [2.75, 3.05) is 38.1 Å². The summed E-state index contributed by atoms with van der Waals surface area (Å²) in [6.45, 7) is 6.32. The SMILES string of the molecule is Cc1ccc(-c2nn(-c3ccc(F)cc3)cc2C(=O)NCc2ccc(N3CCN(C)CC3)nc2)cc1. The topological polar surface area (TPSA) is 66.3 Å². The first kappa shape index (κ1) is 23.7. The number of benzene rings is 2. The number of nitrogens with zero attached hydrogens (tertiary/aromatic N) is 5. The van der Waals surface area contributed by atoms with Crippen molar-refractivity contribution >= 4 is 11.7 Å². The van der Waals surface area contributed by atoms with E-state index in [1.165, 1.54) is 12.1 Å². The van der Waals surface area contributed by atoms with Crippen molar-refractivity contribution in [3.8, 4) is 16.9 Å². The average Bonchev–Trinajstić information content (AvgIpc) is 3.34. The number of anilines is 1. The third-order valence-electron chi connectivity index (χ3n) is 6.46. The third-order valence-corrected chi connectivity index (χ3v) is 6.46. The summed E-state index contributed by atoms with van der Waals surface area (Å²) in [7, 11) is 2.13. The number of aromatic nitrogens is 3. The molecule has 1 aliphatic heterocycles. The fraction of sp³-hybridized carbons (Fsp3) is 0.250. The molecular weight excluding hydrogens is 455 g/mol. The summed E-state index contributed by atoms with van der Waals surface area (Å²) in [5.41, 5.74) is 4.57. The molecule has 0 aliphatic carbocycles. The smallest absolute Gasteiger partial charge is 0.255 e. The Morgan fingerprint density at radius 3 is 2.36 bits per heavy atom. The quantitative estimate of drug-likeness (QED) is 0.447. The maximum absolute atomic E-state index is 13.4. The number of nitrogens with one attached hydrogen (secondary N) is 1. The van der Waals surface area contributed by atoms with E-state index in [2.05, 4.69) is 32.2 Å². The van der Waals surface area contributed by atoms with Crippen LogP contribution in [0.4, 0.5) is 10.2 Å². The molecule has 1 aliphatic rings. The van der Waals surface area contributed by atoms with Gasteiger partial charge >= 0.3 is 0 Å². The van der Waals surface area contributed by atoms with Gasteiger partial charge in [-0.3, -0.25) is 4.79 Å². The number of halogens is 1. The molecule has 0 radical (unpaired) electrons. The van der Waals surface area contributed by atoms with Crippen molar-refractivity contribution in [3.63, 3.8) is 0 Å². The van der Waals surface area contributed by atoms with Gasteiger partial charge in [0.1, 0.15) is 17.3 Å². The Morgan fingerprint density at radius 2 is 1.69 bits per heavy atom. The Kier molecular flexibility index (Phi) is 6.77. The molecule has 3 heterocycles. The zero-order chi connectivity index (χ0) is 25.1. The molecule has 1 N–H and O–H groups in total. The summed E-state index contributed by atoms with van der Waals surface area (Å²) in [6, 6.07) is 17.9. The van der Waals surface area contributed by atoms with Crippen LogP contribution in [0, 0.1) is 12.7 Å². The monoisotopic (exact) mass is 484 g/mol. The minimum Gasteiger partial charge on any atom is -0.354 e. The van der Waals surface area contributed by atoms with Crippen molar-refractivity contribution < 1.29 is 9.18 Å². The molecule has 0 saturated carbocycles. The Labute approximate surface area is 210 Å². The van der Waals surface area contributed by atoms with Gasteiger partial charge in [-0.05, 0) is 49.9 Å². The molecule has 4 aromatic rings. The molecular formula is C28H29FN6O. The molecule has 2 aromatic heterocycles. The highest BCUT2D eigenvalue weighted by molar-refractivity contribution is 5.99. The van der Waals surface area contributed by atoms with Gasteiger partial charge in [-0.2, -0.15) is 5.10 Å². The van der Waals surface area contributed by atoms with E-state index < -0.39 is 0 Å². The standard InChI is InChI=1S/C28H29FN6O/c1-20-3-6-22(7-4-20)27-25(19-35(32-27)24-10-8-23(29)9-11-24)28(36)31-18-21-5-12-26(30-17-21)34-15-13-33(2)14-16-34/h3-12,17,19H,13-16,18H2,1-2H3,(H,31,36). The number of carbonyl (C=O) groups is 1. The number of rotatable bonds is 6. The molecule has 1 fully saturated rings. The van der Waals surface area contributed by atoms with E-state index in [0.717, 1.165) is 48.7 Å². The second-order valence-electron chi connectivity index (χ2n) is 9.18. The molecule has 8 heteroatoms. The lowest BCUT2D eigenvalue weighted by molar-refractivity contribution is 0.0951. The fourth-order valence-electron chi connectivity index (χ4n) is 4.21. The first-order valence-corrected chi connectivity index (χ1v) is 12.1. The van der Waals surface area contributed by atoms with E-state index in [1.807, 2.05) is 49.5 Å². The molecule has 0 bridgehead atoms. The fourth-order valence-corrected chi connectivity index (χ4v) is 4.21. The summed E-state index contributed by atoms with van der Waals surface area (Å²) >= 11 is 0. The van der Waals surface area contributed by atoms with Crippen LogP contribution in [0.5, 0.6) is 0 Å². The second kappa shape index (κ2) is 10.3. The summed E-state index contributed by atoms with van der Waals surface area (Å²) < 4.78 is 15.0. The van der Waals surface area contributed by atoms with Gasteiger partial charge in [0.15, 0.2) is 0 Å². The Balaban J connectivity index is 1.34. The maximum Gasteiger partial charge on any atom is 0.255 e. The van der Waals surface area contributed by atoms with E-state index >= 15 is 0 Å². The number of hydrogen-bond acceptors (Lipinski definition) is 5. The van der Waals surface area contributed by atoms with Crippen molar-refractivity contribution in [3.05, 3.63) is 95.6 Å². The molecule has 2 aromatic carbocycles. The minimum absolute atomic E-state index is 0.234. The first-order chi connectivity index (χ1) is 17.5. The molecule has 1 amide bonds. The predicted octanol–water partition coefficient (Wildman–Crippen LogP) is 4.06. The molecule has 5 rings (SSSR count). The van der Waals surface area contributed by atoms with Gasteiger partial charge in [-0.1, -0.05) is 35.9 Å². The Bertz CT molecular complexity index is 1320. The van der Waals surface area contributed by atoms with Crippen molar-refractivity contribution in [1.29, 1.82) is 0 Å². The van der Waals surface area contributed by atoms with Crippen LogP contribution in [-0.2, 0) is 6.54 Å². The summed E-state index contributed by atoms with van der Waals surface area (Å²) in [5, 5.41) is 7.67. The van der Waals surface area contributed by atoms with Crippen LogP contribution in [0.15, 0.2) is 73.1 Å². The van der Waals surface area contributed by atoms with Crippen molar-refractivity contribution in [1.82, 2.24) is 25.0 Å². The largest absolute Gasteiger partial charge is 0.354 e. The lowest BCUT2D eigenvalue weighted by Crippen LogP contribution is -2.44. The Morgan fingerprint density at radius 1 is 0.972 bits per heavy atom. The Hall–Kier alpha value is -4.04. The number of pyridine rings is 1. The molecule has 0 unspecified atom stereocenters. The molecule has 0 atom stereocenters. The lowest BCUT2D eigenvalue weighted by atomic mass is 10.1. The van der Waals surface area contributed by atoms with Gasteiger partial charge in [0.2, 0.25) is 0 Å². The third kappa shape index (κ3) is 5.28. The highest BCUT2D eigenvalue weighted by Crippen LogP contribution is 2.25. The van der Waals surface area contributed by atoms with Crippen LogP contribution in [0.25, 0.3) is 16.9 Å². The number of aryl methyl sites for hydroxylation is 1. The van der Waals surface area contributed by atoms with Gasteiger partial charge < -0.3 is 15.1 Å². The van der Waals surface area contributed by atoms with Crippen LogP contribution >= 0.6 is 0 Å². The number of likely N-dealkylation sites (N-methyl/N-ethyl adjacent to an activating group) is 1. The zero-order valence-electron chi connectivity index (χ0n) is 20.5. The normalized spacial score (nSPS) is 14.1. The molecule has 36 heavy (non-hydrogen) atoms. The predicted molar refractivity (Wildman–Crippen MR) is 139 cm³/mol. The second-order valence-corrected chi connectivity index (χ2v) is 9.18. The van der Waals surface area contributed by atoms with E-state index in [-0.39, 0.29) is 11.7 Å². The van der Waals surface area contributed by atoms with Crippen LogP contribution < -0.4 is 10.2 Å². The average molecular weight is 485 g/mol. The molecule has 1 saturated heterocycles. The summed E-state index contributed by atoms with van der Waals surface area (Å²) in [5.74, 6) is 0.400. The highest BCUT2D eigenvalue weighted by atomic mass is 19.1. The molecule has 0 spiro atoms. The number of piperazine rings is 1. The van der Waals surface area contributed by atoms with Crippen molar-refractivity contribution in [2.45, 2.75) is 13.5 Å². The number of amides is 1. The van der Waals surface area contributed by atoms with Gasteiger partial charge in [0.05, 0.1) is 11.3 Å². The molecule has 7 nitrogen and oxygen atoms in total. The highest BCUT2D eigenvalue weighted by Gasteiger charge is 2.19.